The van der Waals surface area contributed by atoms with Crippen molar-refractivity contribution in [1.82, 2.24) is 9.80 Å². The molecule has 1 aliphatic heterocycles. The summed E-state index contributed by atoms with van der Waals surface area (Å²) < 4.78 is 14.1. The number of nitrogens with zero attached hydrogens (tertiary/aromatic N) is 2. The van der Waals surface area contributed by atoms with Crippen molar-refractivity contribution >= 4 is 23.6 Å². The molecule has 2 rings (SSSR count). The van der Waals surface area contributed by atoms with Crippen LogP contribution in [0.3, 0.4) is 0 Å². The number of halogens is 1. The molecule has 2 amide bonds. The number of likely N-dealkylation sites (N-methyl/N-ethyl adjacent to an activating group) is 1. The highest BCUT2D eigenvalue weighted by atomic mass is 32.2. The molecule has 0 aromatic heterocycles. The topological polar surface area (TPSA) is 40.6 Å². The molecule has 0 spiro atoms. The van der Waals surface area contributed by atoms with E-state index in [4.69, 9.17) is 0 Å². The molecular weight excluding hydrogens is 327 g/mol. The van der Waals surface area contributed by atoms with E-state index in [1.54, 1.807) is 35.0 Å². The molecular formula is C18H25FN2O2S. The summed E-state index contributed by atoms with van der Waals surface area (Å²) in [4.78, 5) is 27.8. The lowest BCUT2D eigenvalue weighted by atomic mass is 10.1. The molecule has 4 nitrogen and oxygen atoms in total. The summed E-state index contributed by atoms with van der Waals surface area (Å²) in [6, 6.07) is 6.56. The minimum atomic E-state index is -0.331. The van der Waals surface area contributed by atoms with Crippen LogP contribution in [0.25, 0.3) is 0 Å². The Morgan fingerprint density at radius 3 is 2.67 bits per heavy atom. The van der Waals surface area contributed by atoms with Crippen molar-refractivity contribution in [3.63, 3.8) is 0 Å². The first kappa shape index (κ1) is 18.8. The minimum absolute atomic E-state index is 0.00189. The predicted octanol–water partition coefficient (Wildman–Crippen LogP) is 3.29. The molecule has 1 fully saturated rings. The Morgan fingerprint density at radius 2 is 2.04 bits per heavy atom. The lowest BCUT2D eigenvalue weighted by Crippen LogP contribution is -2.39. The number of hydrogen-bond donors (Lipinski definition) is 0. The van der Waals surface area contributed by atoms with E-state index in [-0.39, 0.29) is 28.3 Å². The molecule has 0 bridgehead atoms. The first-order valence-corrected chi connectivity index (χ1v) is 9.20. The summed E-state index contributed by atoms with van der Waals surface area (Å²) in [6.45, 7) is 6.71. The number of carbonyl (C=O) groups excluding carboxylic acids is 2. The normalized spacial score (nSPS) is 20.8. The number of rotatable bonds is 6. The highest BCUT2D eigenvalue weighted by molar-refractivity contribution is 8.01. The smallest absolute Gasteiger partial charge is 0.236 e. The largest absolute Gasteiger partial charge is 0.344 e. The quantitative estimate of drug-likeness (QED) is 0.789. The molecule has 1 aromatic carbocycles. The van der Waals surface area contributed by atoms with Gasteiger partial charge in [-0.1, -0.05) is 32.0 Å². The Kier molecular flexibility index (Phi) is 6.27. The van der Waals surface area contributed by atoms with Crippen molar-refractivity contribution in [3.05, 3.63) is 35.6 Å². The molecule has 0 unspecified atom stereocenters. The predicted molar refractivity (Wildman–Crippen MR) is 95.0 cm³/mol. The second-order valence-corrected chi connectivity index (χ2v) is 8.02. The SMILES string of the molecule is CC(C)CC(=O)N(C)CCN1C(=O)[C@H](C)S[C@H]1c1ccccc1F. The van der Waals surface area contributed by atoms with Gasteiger partial charge in [-0.15, -0.1) is 11.8 Å². The molecule has 0 N–H and O–H groups in total. The molecule has 132 valence electrons. The number of amides is 2. The summed E-state index contributed by atoms with van der Waals surface area (Å²) >= 11 is 1.45. The summed E-state index contributed by atoms with van der Waals surface area (Å²) in [5.74, 6) is 0.0685. The zero-order chi connectivity index (χ0) is 17.9. The maximum absolute atomic E-state index is 14.1. The highest BCUT2D eigenvalue weighted by Gasteiger charge is 2.39. The first-order valence-electron chi connectivity index (χ1n) is 8.25. The van der Waals surface area contributed by atoms with Gasteiger partial charge in [0.1, 0.15) is 11.2 Å². The van der Waals surface area contributed by atoms with Crippen LogP contribution in [-0.4, -0.2) is 47.0 Å². The Balaban J connectivity index is 2.07. The van der Waals surface area contributed by atoms with Gasteiger partial charge in [0.25, 0.3) is 0 Å². The van der Waals surface area contributed by atoms with Crippen molar-refractivity contribution < 1.29 is 14.0 Å². The van der Waals surface area contributed by atoms with Crippen LogP contribution in [0.2, 0.25) is 0 Å². The molecule has 0 radical (unpaired) electrons. The van der Waals surface area contributed by atoms with Crippen molar-refractivity contribution in [2.45, 2.75) is 37.8 Å². The lowest BCUT2D eigenvalue weighted by molar-refractivity contribution is -0.134. The van der Waals surface area contributed by atoms with E-state index in [0.29, 0.717) is 31.0 Å². The van der Waals surface area contributed by atoms with Crippen LogP contribution in [-0.2, 0) is 9.59 Å². The third-order valence-electron chi connectivity index (χ3n) is 4.10. The molecule has 1 aliphatic rings. The van der Waals surface area contributed by atoms with Crippen molar-refractivity contribution in [2.75, 3.05) is 20.1 Å². The second kappa shape index (κ2) is 8.01. The van der Waals surface area contributed by atoms with E-state index in [2.05, 4.69) is 0 Å². The summed E-state index contributed by atoms with van der Waals surface area (Å²) in [5.41, 5.74) is 0.524. The van der Waals surface area contributed by atoms with Crippen LogP contribution >= 0.6 is 11.8 Å². The third kappa shape index (κ3) is 4.29. The average Bonchev–Trinajstić information content (AvgIpc) is 2.80. The molecule has 24 heavy (non-hydrogen) atoms. The van der Waals surface area contributed by atoms with Gasteiger partial charge in [-0.2, -0.15) is 0 Å². The van der Waals surface area contributed by atoms with E-state index in [1.807, 2.05) is 20.8 Å². The highest BCUT2D eigenvalue weighted by Crippen LogP contribution is 2.43. The first-order chi connectivity index (χ1) is 11.3. The van der Waals surface area contributed by atoms with Crippen molar-refractivity contribution in [2.24, 2.45) is 5.92 Å². The van der Waals surface area contributed by atoms with Gasteiger partial charge in [-0.25, -0.2) is 4.39 Å². The molecule has 1 heterocycles. The van der Waals surface area contributed by atoms with Gasteiger partial charge in [0, 0.05) is 32.1 Å². The van der Waals surface area contributed by atoms with E-state index >= 15 is 0 Å². The van der Waals surface area contributed by atoms with Gasteiger partial charge in [0.15, 0.2) is 0 Å². The standard InChI is InChI=1S/C18H25FN2O2S/c1-12(2)11-16(22)20(4)9-10-21-17(23)13(3)24-18(21)14-7-5-6-8-15(14)19/h5-8,12-13,18H,9-11H2,1-4H3/t13-,18-/m0/s1. The third-order valence-corrected chi connectivity index (χ3v) is 5.48. The monoisotopic (exact) mass is 352 g/mol. The maximum atomic E-state index is 14.1. The number of hydrogen-bond acceptors (Lipinski definition) is 3. The van der Waals surface area contributed by atoms with Gasteiger partial charge in [-0.3, -0.25) is 9.59 Å². The minimum Gasteiger partial charge on any atom is -0.344 e. The van der Waals surface area contributed by atoms with Gasteiger partial charge >= 0.3 is 0 Å². The van der Waals surface area contributed by atoms with Gasteiger partial charge in [0.05, 0.1) is 5.25 Å². The van der Waals surface area contributed by atoms with E-state index in [1.165, 1.54) is 17.8 Å². The molecule has 2 atom stereocenters. The van der Waals surface area contributed by atoms with Crippen LogP contribution in [0.1, 0.15) is 38.1 Å². The van der Waals surface area contributed by atoms with Crippen LogP contribution in [0, 0.1) is 11.7 Å². The Hall–Kier alpha value is -1.56. The zero-order valence-corrected chi connectivity index (χ0v) is 15.5. The molecule has 6 heteroatoms. The Labute approximate surface area is 147 Å². The fourth-order valence-electron chi connectivity index (χ4n) is 2.71. The number of thioether (sulfide) groups is 1. The van der Waals surface area contributed by atoms with Crippen LogP contribution in [0.4, 0.5) is 4.39 Å². The fourth-order valence-corrected chi connectivity index (χ4v) is 4.04. The average molecular weight is 352 g/mol. The number of carbonyl (C=O) groups is 2. The van der Waals surface area contributed by atoms with E-state index < -0.39 is 0 Å². The van der Waals surface area contributed by atoms with Crippen LogP contribution in [0.15, 0.2) is 24.3 Å². The Morgan fingerprint density at radius 1 is 1.38 bits per heavy atom. The maximum Gasteiger partial charge on any atom is 0.236 e. The molecule has 1 aromatic rings. The number of benzene rings is 1. The molecule has 0 aliphatic carbocycles. The zero-order valence-electron chi connectivity index (χ0n) is 14.7. The van der Waals surface area contributed by atoms with Gasteiger partial charge < -0.3 is 9.80 Å². The molecule has 0 saturated carbocycles. The summed E-state index contributed by atoms with van der Waals surface area (Å²) in [5, 5.41) is -0.534. The van der Waals surface area contributed by atoms with Gasteiger partial charge in [0.2, 0.25) is 11.8 Å². The second-order valence-electron chi connectivity index (χ2n) is 6.60. The van der Waals surface area contributed by atoms with E-state index in [9.17, 15) is 14.0 Å². The van der Waals surface area contributed by atoms with Crippen molar-refractivity contribution in [3.8, 4) is 0 Å². The van der Waals surface area contributed by atoms with Crippen LogP contribution in [0.5, 0.6) is 0 Å². The lowest BCUT2D eigenvalue weighted by Gasteiger charge is -2.27. The van der Waals surface area contributed by atoms with Crippen molar-refractivity contribution in [1.29, 1.82) is 0 Å². The fraction of sp³-hybridized carbons (Fsp3) is 0.556. The summed E-state index contributed by atoms with van der Waals surface area (Å²) in [7, 11) is 1.75. The van der Waals surface area contributed by atoms with Crippen LogP contribution < -0.4 is 0 Å². The Bertz CT molecular complexity index is 608. The van der Waals surface area contributed by atoms with E-state index in [0.717, 1.165) is 0 Å². The summed E-state index contributed by atoms with van der Waals surface area (Å²) in [6.07, 6.45) is 0.492. The molecule has 1 saturated heterocycles. The van der Waals surface area contributed by atoms with Gasteiger partial charge in [-0.05, 0) is 18.9 Å².